The standard InChI is InChI=1S/C13H15N3O2/c1-2-11(17-9-1)3-4-12-15-13(16-18-12)10-5-7-14-8-6-10/h1-4,9-10,14H,5-8H2/b4-3+. The number of nitrogens with zero attached hydrogens (tertiary/aromatic N) is 2. The Labute approximate surface area is 105 Å². The van der Waals surface area contributed by atoms with Gasteiger partial charge < -0.3 is 14.3 Å². The van der Waals surface area contributed by atoms with Crippen molar-refractivity contribution in [3.8, 4) is 0 Å². The summed E-state index contributed by atoms with van der Waals surface area (Å²) >= 11 is 0. The molecule has 5 nitrogen and oxygen atoms in total. The fourth-order valence-corrected chi connectivity index (χ4v) is 2.10. The maximum absolute atomic E-state index is 5.21. The van der Waals surface area contributed by atoms with Crippen molar-refractivity contribution >= 4 is 12.2 Å². The van der Waals surface area contributed by atoms with Gasteiger partial charge in [0.05, 0.1) is 6.26 Å². The summed E-state index contributed by atoms with van der Waals surface area (Å²) in [6.07, 6.45) is 7.37. The Morgan fingerprint density at radius 2 is 2.17 bits per heavy atom. The van der Waals surface area contributed by atoms with Crippen molar-refractivity contribution in [2.45, 2.75) is 18.8 Å². The molecule has 0 spiro atoms. The summed E-state index contributed by atoms with van der Waals surface area (Å²) in [5.74, 6) is 2.54. The lowest BCUT2D eigenvalue weighted by Gasteiger charge is -2.18. The first-order chi connectivity index (χ1) is 8.92. The van der Waals surface area contributed by atoms with E-state index in [1.807, 2.05) is 18.2 Å². The predicted octanol–water partition coefficient (Wildman–Crippen LogP) is 2.30. The van der Waals surface area contributed by atoms with Crippen LogP contribution in [0.3, 0.4) is 0 Å². The van der Waals surface area contributed by atoms with E-state index in [1.54, 1.807) is 12.3 Å². The molecule has 0 atom stereocenters. The monoisotopic (exact) mass is 245 g/mol. The van der Waals surface area contributed by atoms with Crippen LogP contribution in [0.25, 0.3) is 12.2 Å². The lowest BCUT2D eigenvalue weighted by atomic mass is 9.98. The van der Waals surface area contributed by atoms with Gasteiger partial charge in [-0.05, 0) is 44.1 Å². The van der Waals surface area contributed by atoms with Crippen molar-refractivity contribution in [3.63, 3.8) is 0 Å². The number of rotatable bonds is 3. The smallest absolute Gasteiger partial charge is 0.250 e. The second kappa shape index (κ2) is 5.18. The van der Waals surface area contributed by atoms with Gasteiger partial charge in [0.25, 0.3) is 5.89 Å². The maximum Gasteiger partial charge on any atom is 0.250 e. The summed E-state index contributed by atoms with van der Waals surface area (Å²) < 4.78 is 10.4. The molecule has 3 heterocycles. The topological polar surface area (TPSA) is 64.1 Å². The third-order valence-electron chi connectivity index (χ3n) is 3.10. The quantitative estimate of drug-likeness (QED) is 0.898. The zero-order valence-electron chi connectivity index (χ0n) is 10.0. The molecular formula is C13H15N3O2. The average Bonchev–Trinajstić information content (AvgIpc) is 3.09. The number of piperidine rings is 1. The molecule has 1 aliphatic heterocycles. The van der Waals surface area contributed by atoms with Gasteiger partial charge in [0.15, 0.2) is 5.82 Å². The normalized spacial score (nSPS) is 17.6. The third kappa shape index (κ3) is 2.51. The van der Waals surface area contributed by atoms with Crippen molar-refractivity contribution in [1.29, 1.82) is 0 Å². The highest BCUT2D eigenvalue weighted by molar-refractivity contribution is 5.62. The van der Waals surface area contributed by atoms with E-state index >= 15 is 0 Å². The van der Waals surface area contributed by atoms with Crippen LogP contribution in [-0.4, -0.2) is 23.2 Å². The lowest BCUT2D eigenvalue weighted by Crippen LogP contribution is -2.27. The van der Waals surface area contributed by atoms with Crippen LogP contribution < -0.4 is 5.32 Å². The molecule has 1 saturated heterocycles. The lowest BCUT2D eigenvalue weighted by molar-refractivity contribution is 0.381. The Bertz CT molecular complexity index is 510. The number of hydrogen-bond acceptors (Lipinski definition) is 5. The average molecular weight is 245 g/mol. The first-order valence-electron chi connectivity index (χ1n) is 6.18. The van der Waals surface area contributed by atoms with E-state index in [4.69, 9.17) is 8.94 Å². The van der Waals surface area contributed by atoms with Gasteiger partial charge in [-0.2, -0.15) is 4.98 Å². The summed E-state index contributed by atoms with van der Waals surface area (Å²) in [7, 11) is 0. The van der Waals surface area contributed by atoms with Crippen LogP contribution in [0.4, 0.5) is 0 Å². The largest absolute Gasteiger partial charge is 0.465 e. The van der Waals surface area contributed by atoms with Gasteiger partial charge >= 0.3 is 0 Å². The van der Waals surface area contributed by atoms with E-state index in [1.165, 1.54) is 0 Å². The summed E-state index contributed by atoms with van der Waals surface area (Å²) in [4.78, 5) is 4.40. The van der Waals surface area contributed by atoms with Crippen molar-refractivity contribution < 1.29 is 8.94 Å². The minimum absolute atomic E-state index is 0.417. The second-order valence-electron chi connectivity index (χ2n) is 4.36. The zero-order chi connectivity index (χ0) is 12.2. The molecule has 0 radical (unpaired) electrons. The minimum atomic E-state index is 0.417. The van der Waals surface area contributed by atoms with Gasteiger partial charge in [0, 0.05) is 12.0 Å². The number of hydrogen-bond donors (Lipinski definition) is 1. The van der Waals surface area contributed by atoms with Crippen LogP contribution in [0.1, 0.15) is 36.2 Å². The Morgan fingerprint density at radius 1 is 1.28 bits per heavy atom. The molecule has 0 bridgehead atoms. The van der Waals surface area contributed by atoms with Gasteiger partial charge in [-0.1, -0.05) is 5.16 Å². The third-order valence-corrected chi connectivity index (χ3v) is 3.10. The van der Waals surface area contributed by atoms with E-state index in [0.29, 0.717) is 11.8 Å². The Kier molecular flexibility index (Phi) is 3.23. The molecule has 3 rings (SSSR count). The SMILES string of the molecule is C(=C\c1nc(C2CCNCC2)no1)/c1ccco1. The molecule has 1 N–H and O–H groups in total. The number of furan rings is 1. The molecule has 0 saturated carbocycles. The van der Waals surface area contributed by atoms with Crippen molar-refractivity contribution in [3.05, 3.63) is 35.9 Å². The predicted molar refractivity (Wildman–Crippen MR) is 66.8 cm³/mol. The molecule has 2 aromatic rings. The molecule has 0 aromatic carbocycles. The summed E-state index contributed by atoms with van der Waals surface area (Å²) in [5.41, 5.74) is 0. The fraction of sp³-hybridized carbons (Fsp3) is 0.385. The minimum Gasteiger partial charge on any atom is -0.465 e. The molecule has 18 heavy (non-hydrogen) atoms. The molecule has 94 valence electrons. The van der Waals surface area contributed by atoms with E-state index in [2.05, 4.69) is 15.5 Å². The molecule has 0 unspecified atom stereocenters. The van der Waals surface area contributed by atoms with Crippen molar-refractivity contribution in [2.24, 2.45) is 0 Å². The summed E-state index contributed by atoms with van der Waals surface area (Å²) in [5, 5.41) is 7.37. The van der Waals surface area contributed by atoms with Crippen molar-refractivity contribution in [2.75, 3.05) is 13.1 Å². The summed E-state index contributed by atoms with van der Waals surface area (Å²) in [6.45, 7) is 2.05. The van der Waals surface area contributed by atoms with Gasteiger partial charge in [-0.3, -0.25) is 0 Å². The van der Waals surface area contributed by atoms with Crippen LogP contribution in [0.5, 0.6) is 0 Å². The second-order valence-corrected chi connectivity index (χ2v) is 4.36. The van der Waals surface area contributed by atoms with Crippen LogP contribution in [0, 0.1) is 0 Å². The van der Waals surface area contributed by atoms with Crippen LogP contribution in [-0.2, 0) is 0 Å². The molecule has 0 aliphatic carbocycles. The molecule has 5 heteroatoms. The van der Waals surface area contributed by atoms with Crippen molar-refractivity contribution in [1.82, 2.24) is 15.5 Å². The van der Waals surface area contributed by atoms with Gasteiger partial charge in [0.1, 0.15) is 5.76 Å². The zero-order valence-corrected chi connectivity index (χ0v) is 10.0. The van der Waals surface area contributed by atoms with Crippen LogP contribution in [0.15, 0.2) is 27.3 Å². The van der Waals surface area contributed by atoms with E-state index in [0.717, 1.165) is 37.5 Å². The summed E-state index contributed by atoms with van der Waals surface area (Å²) in [6, 6.07) is 3.72. The van der Waals surface area contributed by atoms with Gasteiger partial charge in [-0.15, -0.1) is 0 Å². The molecule has 0 amide bonds. The van der Waals surface area contributed by atoms with E-state index in [9.17, 15) is 0 Å². The Balaban J connectivity index is 1.69. The molecular weight excluding hydrogens is 230 g/mol. The van der Waals surface area contributed by atoms with Gasteiger partial charge in [0.2, 0.25) is 0 Å². The first-order valence-corrected chi connectivity index (χ1v) is 6.18. The Morgan fingerprint density at radius 3 is 2.94 bits per heavy atom. The van der Waals surface area contributed by atoms with Gasteiger partial charge in [-0.25, -0.2) is 0 Å². The number of nitrogens with one attached hydrogen (secondary N) is 1. The van der Waals surface area contributed by atoms with Crippen LogP contribution >= 0.6 is 0 Å². The highest BCUT2D eigenvalue weighted by Crippen LogP contribution is 2.22. The highest BCUT2D eigenvalue weighted by atomic mass is 16.5. The molecule has 2 aromatic heterocycles. The highest BCUT2D eigenvalue weighted by Gasteiger charge is 2.19. The Hall–Kier alpha value is -1.88. The molecule has 1 fully saturated rings. The first kappa shape index (κ1) is 11.2. The van der Waals surface area contributed by atoms with Crippen LogP contribution in [0.2, 0.25) is 0 Å². The number of aromatic nitrogens is 2. The van der Waals surface area contributed by atoms with E-state index in [-0.39, 0.29) is 0 Å². The molecule has 1 aliphatic rings. The maximum atomic E-state index is 5.21. The fourth-order valence-electron chi connectivity index (χ4n) is 2.10. The van der Waals surface area contributed by atoms with E-state index < -0.39 is 0 Å².